The van der Waals surface area contributed by atoms with Crippen LogP contribution in [0.5, 0.6) is 0 Å². The molecule has 2 rings (SSSR count). The highest BCUT2D eigenvalue weighted by Gasteiger charge is 2.10. The van der Waals surface area contributed by atoms with E-state index in [1.165, 1.54) is 11.1 Å². The average Bonchev–Trinajstić information content (AvgIpc) is 2.52. The van der Waals surface area contributed by atoms with Gasteiger partial charge in [-0.2, -0.15) is 0 Å². The number of aliphatic hydroxyl groups is 1. The zero-order valence-corrected chi connectivity index (χ0v) is 12.0. The first-order chi connectivity index (χ1) is 9.85. The Labute approximate surface area is 121 Å². The summed E-state index contributed by atoms with van der Waals surface area (Å²) in [7, 11) is 0. The fourth-order valence-electron chi connectivity index (χ4n) is 2.48. The highest BCUT2D eigenvalue weighted by molar-refractivity contribution is 5.27. The lowest BCUT2D eigenvalue weighted by atomic mass is 10.0. The van der Waals surface area contributed by atoms with Gasteiger partial charge >= 0.3 is 0 Å². The van der Waals surface area contributed by atoms with Crippen molar-refractivity contribution in [2.75, 3.05) is 0 Å². The van der Waals surface area contributed by atoms with Gasteiger partial charge in [-0.05, 0) is 23.1 Å². The second kappa shape index (κ2) is 7.83. The van der Waals surface area contributed by atoms with Gasteiger partial charge in [0.15, 0.2) is 0 Å². The molecule has 0 aliphatic heterocycles. The molecular formula is C18H23NO. The smallest absolute Gasteiger partial charge is 0.0685 e. The summed E-state index contributed by atoms with van der Waals surface area (Å²) in [6.45, 7) is 3.09. The molecule has 0 radical (unpaired) electrons. The molecular weight excluding hydrogens is 246 g/mol. The number of hydrogen-bond acceptors (Lipinski definition) is 2. The van der Waals surface area contributed by atoms with Gasteiger partial charge in [0.2, 0.25) is 0 Å². The van der Waals surface area contributed by atoms with Gasteiger partial charge in [-0.3, -0.25) is 0 Å². The van der Waals surface area contributed by atoms with E-state index >= 15 is 0 Å². The monoisotopic (exact) mass is 269 g/mol. The van der Waals surface area contributed by atoms with Crippen molar-refractivity contribution in [3.05, 3.63) is 71.3 Å². The lowest BCUT2D eigenvalue weighted by Crippen LogP contribution is -2.21. The Morgan fingerprint density at radius 1 is 0.950 bits per heavy atom. The highest BCUT2D eigenvalue weighted by Crippen LogP contribution is 2.19. The van der Waals surface area contributed by atoms with Crippen molar-refractivity contribution in [3.63, 3.8) is 0 Å². The van der Waals surface area contributed by atoms with Crippen LogP contribution in [0.4, 0.5) is 0 Å². The minimum Gasteiger partial charge on any atom is -0.392 e. The number of benzene rings is 2. The average molecular weight is 269 g/mol. The van der Waals surface area contributed by atoms with Gasteiger partial charge < -0.3 is 10.4 Å². The molecule has 0 aliphatic rings. The van der Waals surface area contributed by atoms with E-state index in [2.05, 4.69) is 42.6 Å². The van der Waals surface area contributed by atoms with Gasteiger partial charge in [-0.1, -0.05) is 67.9 Å². The largest absolute Gasteiger partial charge is 0.392 e. The summed E-state index contributed by atoms with van der Waals surface area (Å²) in [6.07, 6.45) is 2.26. The van der Waals surface area contributed by atoms with E-state index in [4.69, 9.17) is 0 Å². The topological polar surface area (TPSA) is 32.3 Å². The minimum atomic E-state index is 0.0988. The molecule has 0 saturated carbocycles. The molecule has 20 heavy (non-hydrogen) atoms. The molecule has 1 atom stereocenters. The summed E-state index contributed by atoms with van der Waals surface area (Å²) in [5.74, 6) is 0. The minimum absolute atomic E-state index is 0.0988. The van der Waals surface area contributed by atoms with Crippen LogP contribution in [-0.4, -0.2) is 5.11 Å². The first kappa shape index (κ1) is 14.8. The molecule has 0 spiro atoms. The van der Waals surface area contributed by atoms with Crippen molar-refractivity contribution >= 4 is 0 Å². The number of rotatable bonds is 7. The highest BCUT2D eigenvalue weighted by atomic mass is 16.3. The normalized spacial score (nSPS) is 12.3. The molecule has 0 aliphatic carbocycles. The molecule has 2 nitrogen and oxygen atoms in total. The molecule has 1 unspecified atom stereocenters. The van der Waals surface area contributed by atoms with Crippen LogP contribution in [0.15, 0.2) is 54.6 Å². The Bertz CT molecular complexity index is 510. The predicted octanol–water partition coefficient (Wildman–Crippen LogP) is 3.81. The summed E-state index contributed by atoms with van der Waals surface area (Å²) >= 11 is 0. The van der Waals surface area contributed by atoms with Crippen LogP contribution >= 0.6 is 0 Å². The van der Waals surface area contributed by atoms with Crippen molar-refractivity contribution < 1.29 is 5.11 Å². The molecule has 0 saturated heterocycles. The van der Waals surface area contributed by atoms with Gasteiger partial charge in [0.25, 0.3) is 0 Å². The molecule has 106 valence electrons. The number of hydrogen-bond donors (Lipinski definition) is 2. The summed E-state index contributed by atoms with van der Waals surface area (Å²) in [5, 5.41) is 13.0. The molecule has 0 fully saturated rings. The van der Waals surface area contributed by atoms with E-state index in [0.29, 0.717) is 6.04 Å². The Balaban J connectivity index is 2.06. The Morgan fingerprint density at radius 3 is 2.25 bits per heavy atom. The molecule has 0 bridgehead atoms. The van der Waals surface area contributed by atoms with Crippen molar-refractivity contribution in [2.24, 2.45) is 0 Å². The van der Waals surface area contributed by atoms with Crippen molar-refractivity contribution in [1.82, 2.24) is 5.32 Å². The lowest BCUT2D eigenvalue weighted by Gasteiger charge is -2.19. The van der Waals surface area contributed by atoms with E-state index in [-0.39, 0.29) is 6.61 Å². The fourth-order valence-corrected chi connectivity index (χ4v) is 2.48. The Morgan fingerprint density at radius 2 is 1.60 bits per heavy atom. The van der Waals surface area contributed by atoms with Crippen LogP contribution in [0.1, 0.15) is 42.5 Å². The molecule has 2 heteroatoms. The van der Waals surface area contributed by atoms with E-state index < -0.39 is 0 Å². The summed E-state index contributed by atoms with van der Waals surface area (Å²) in [4.78, 5) is 0. The number of nitrogens with one attached hydrogen (secondary N) is 1. The van der Waals surface area contributed by atoms with Crippen molar-refractivity contribution in [2.45, 2.75) is 39.0 Å². The third-order valence-corrected chi connectivity index (χ3v) is 3.61. The van der Waals surface area contributed by atoms with Crippen molar-refractivity contribution in [3.8, 4) is 0 Å². The van der Waals surface area contributed by atoms with Crippen molar-refractivity contribution in [1.29, 1.82) is 0 Å². The second-order valence-corrected chi connectivity index (χ2v) is 5.06. The third kappa shape index (κ3) is 3.92. The zero-order chi connectivity index (χ0) is 14.2. The fraction of sp³-hybridized carbons (Fsp3) is 0.333. The van der Waals surface area contributed by atoms with E-state index in [1.54, 1.807) is 0 Å². The van der Waals surface area contributed by atoms with Crippen LogP contribution < -0.4 is 5.32 Å². The molecule has 0 heterocycles. The maximum absolute atomic E-state index is 9.38. The summed E-state index contributed by atoms with van der Waals surface area (Å²) in [6, 6.07) is 19.0. The molecule has 2 aromatic rings. The van der Waals surface area contributed by atoms with Crippen LogP contribution in [0.25, 0.3) is 0 Å². The quantitative estimate of drug-likeness (QED) is 0.801. The van der Waals surface area contributed by atoms with Gasteiger partial charge in [0, 0.05) is 12.6 Å². The third-order valence-electron chi connectivity index (χ3n) is 3.61. The van der Waals surface area contributed by atoms with Crippen LogP contribution in [0.2, 0.25) is 0 Å². The Hall–Kier alpha value is -1.64. The van der Waals surface area contributed by atoms with Gasteiger partial charge in [-0.25, -0.2) is 0 Å². The second-order valence-electron chi connectivity index (χ2n) is 5.06. The van der Waals surface area contributed by atoms with Gasteiger partial charge in [0.05, 0.1) is 6.61 Å². The predicted molar refractivity (Wildman–Crippen MR) is 83.3 cm³/mol. The van der Waals surface area contributed by atoms with Gasteiger partial charge in [0.1, 0.15) is 0 Å². The summed E-state index contributed by atoms with van der Waals surface area (Å²) < 4.78 is 0. The van der Waals surface area contributed by atoms with Gasteiger partial charge in [-0.15, -0.1) is 0 Å². The summed E-state index contributed by atoms with van der Waals surface area (Å²) in [5.41, 5.74) is 3.51. The zero-order valence-electron chi connectivity index (χ0n) is 12.0. The molecule has 2 N–H and O–H groups in total. The van der Waals surface area contributed by atoms with E-state index in [9.17, 15) is 5.11 Å². The first-order valence-electron chi connectivity index (χ1n) is 7.31. The van der Waals surface area contributed by atoms with Crippen LogP contribution in [0.3, 0.4) is 0 Å². The van der Waals surface area contributed by atoms with Crippen LogP contribution in [-0.2, 0) is 13.2 Å². The maximum Gasteiger partial charge on any atom is 0.0685 e. The SMILES string of the molecule is CCCC(NCc1ccccc1CO)c1ccccc1. The molecule has 2 aromatic carbocycles. The molecule has 0 aromatic heterocycles. The molecule has 0 amide bonds. The maximum atomic E-state index is 9.38. The number of aliphatic hydroxyl groups excluding tert-OH is 1. The van der Waals surface area contributed by atoms with E-state index in [0.717, 1.165) is 24.9 Å². The lowest BCUT2D eigenvalue weighted by molar-refractivity contribution is 0.280. The van der Waals surface area contributed by atoms with Crippen LogP contribution in [0, 0.1) is 0 Å². The Kier molecular flexibility index (Phi) is 5.78. The standard InChI is InChI=1S/C18H23NO/c1-2-8-18(15-9-4-3-5-10-15)19-13-16-11-6-7-12-17(16)14-20/h3-7,9-12,18-20H,2,8,13-14H2,1H3. The van der Waals surface area contributed by atoms with E-state index in [1.807, 2.05) is 24.3 Å². The first-order valence-corrected chi connectivity index (χ1v) is 7.31.